The van der Waals surface area contributed by atoms with Gasteiger partial charge in [0.05, 0.1) is 5.02 Å². The van der Waals surface area contributed by atoms with Gasteiger partial charge in [0, 0.05) is 18.8 Å². The fourth-order valence-electron chi connectivity index (χ4n) is 2.15. The van der Waals surface area contributed by atoms with E-state index >= 15 is 0 Å². The van der Waals surface area contributed by atoms with Gasteiger partial charge in [0.2, 0.25) is 0 Å². The number of rotatable bonds is 1. The molecule has 2 unspecified atom stereocenters. The van der Waals surface area contributed by atoms with Gasteiger partial charge in [-0.25, -0.2) is 4.98 Å². The maximum absolute atomic E-state index is 5.83. The zero-order chi connectivity index (χ0) is 10.8. The number of anilines is 1. The number of hydrogen-bond donors (Lipinski definition) is 0. The van der Waals surface area contributed by atoms with Gasteiger partial charge >= 0.3 is 0 Å². The largest absolute Gasteiger partial charge is 0.354 e. The van der Waals surface area contributed by atoms with Gasteiger partial charge in [0.15, 0.2) is 0 Å². The van der Waals surface area contributed by atoms with Gasteiger partial charge in [0.1, 0.15) is 5.82 Å². The van der Waals surface area contributed by atoms with Crippen molar-refractivity contribution in [2.45, 2.75) is 32.7 Å². The molecule has 82 valence electrons. The third-order valence-electron chi connectivity index (χ3n) is 3.12. The predicted octanol–water partition coefficient (Wildman–Crippen LogP) is 3.36. The monoisotopic (exact) mass is 224 g/mol. The van der Waals surface area contributed by atoms with Gasteiger partial charge in [-0.05, 0) is 37.8 Å². The molecule has 0 bridgehead atoms. The third kappa shape index (κ3) is 2.43. The second-order valence-electron chi connectivity index (χ2n) is 4.52. The van der Waals surface area contributed by atoms with E-state index in [4.69, 9.17) is 11.6 Å². The van der Waals surface area contributed by atoms with Crippen LogP contribution in [0.4, 0.5) is 5.82 Å². The van der Waals surface area contributed by atoms with Crippen molar-refractivity contribution in [2.75, 3.05) is 11.4 Å². The first-order valence-corrected chi connectivity index (χ1v) is 5.93. The number of piperidine rings is 1. The molecule has 1 aliphatic rings. The predicted molar refractivity (Wildman–Crippen MR) is 64.5 cm³/mol. The molecule has 2 atom stereocenters. The Balaban J connectivity index is 2.17. The molecule has 0 radical (unpaired) electrons. The molecule has 2 rings (SSSR count). The van der Waals surface area contributed by atoms with E-state index in [1.807, 2.05) is 12.1 Å². The van der Waals surface area contributed by atoms with E-state index in [9.17, 15) is 0 Å². The second kappa shape index (κ2) is 4.40. The molecule has 2 nitrogen and oxygen atoms in total. The lowest BCUT2D eigenvalue weighted by Gasteiger charge is -2.37. The minimum atomic E-state index is 0.592. The number of hydrogen-bond acceptors (Lipinski definition) is 2. The molecule has 1 aromatic rings. The standard InChI is InChI=1S/C12H17ClN2/c1-9-3-4-10(2)15(8-9)12-6-5-11(13)7-14-12/h5-7,9-10H,3-4,8H2,1-2H3. The average Bonchev–Trinajstić information content (AvgIpc) is 2.23. The zero-order valence-electron chi connectivity index (χ0n) is 9.28. The van der Waals surface area contributed by atoms with Crippen molar-refractivity contribution in [3.63, 3.8) is 0 Å². The molecule has 1 fully saturated rings. The van der Waals surface area contributed by atoms with E-state index in [1.165, 1.54) is 12.8 Å². The Morgan fingerprint density at radius 1 is 1.33 bits per heavy atom. The molecule has 0 spiro atoms. The number of nitrogens with zero attached hydrogens (tertiary/aromatic N) is 2. The SMILES string of the molecule is CC1CCC(C)N(c2ccc(Cl)cn2)C1. The first-order chi connectivity index (χ1) is 7.16. The fraction of sp³-hybridized carbons (Fsp3) is 0.583. The molecular formula is C12H17ClN2. The molecule has 1 aromatic heterocycles. The Morgan fingerprint density at radius 2 is 2.13 bits per heavy atom. The van der Waals surface area contributed by atoms with Gasteiger partial charge in [-0.2, -0.15) is 0 Å². The molecule has 0 amide bonds. The zero-order valence-corrected chi connectivity index (χ0v) is 10.0. The summed E-state index contributed by atoms with van der Waals surface area (Å²) in [6.07, 6.45) is 4.31. The van der Waals surface area contributed by atoms with E-state index in [-0.39, 0.29) is 0 Å². The minimum Gasteiger partial charge on any atom is -0.354 e. The van der Waals surface area contributed by atoms with Crippen LogP contribution in [0.25, 0.3) is 0 Å². The van der Waals surface area contributed by atoms with Crippen molar-refractivity contribution >= 4 is 17.4 Å². The molecule has 2 heterocycles. The molecule has 0 aromatic carbocycles. The average molecular weight is 225 g/mol. The highest BCUT2D eigenvalue weighted by atomic mass is 35.5. The van der Waals surface area contributed by atoms with E-state index in [1.54, 1.807) is 6.20 Å². The lowest BCUT2D eigenvalue weighted by Crippen LogP contribution is -2.41. The van der Waals surface area contributed by atoms with Gasteiger partial charge < -0.3 is 4.90 Å². The van der Waals surface area contributed by atoms with Crippen molar-refractivity contribution in [1.29, 1.82) is 0 Å². The molecule has 15 heavy (non-hydrogen) atoms. The third-order valence-corrected chi connectivity index (χ3v) is 3.35. The van der Waals surface area contributed by atoms with Crippen LogP contribution < -0.4 is 4.90 Å². The highest BCUT2D eigenvalue weighted by Crippen LogP contribution is 2.26. The van der Waals surface area contributed by atoms with Gasteiger partial charge in [0.25, 0.3) is 0 Å². The molecule has 0 aliphatic carbocycles. The van der Waals surface area contributed by atoms with Crippen LogP contribution in [-0.2, 0) is 0 Å². The maximum Gasteiger partial charge on any atom is 0.128 e. The lowest BCUT2D eigenvalue weighted by atomic mass is 9.95. The quantitative estimate of drug-likeness (QED) is 0.727. The summed E-state index contributed by atoms with van der Waals surface area (Å²) in [5.41, 5.74) is 0. The summed E-state index contributed by atoms with van der Waals surface area (Å²) in [6.45, 7) is 5.67. The smallest absolute Gasteiger partial charge is 0.128 e. The highest BCUT2D eigenvalue weighted by Gasteiger charge is 2.23. The van der Waals surface area contributed by atoms with E-state index < -0.39 is 0 Å². The molecule has 1 aliphatic heterocycles. The topological polar surface area (TPSA) is 16.1 Å². The minimum absolute atomic E-state index is 0.592. The van der Waals surface area contributed by atoms with Crippen LogP contribution in [0.3, 0.4) is 0 Å². The molecule has 0 N–H and O–H groups in total. The highest BCUT2D eigenvalue weighted by molar-refractivity contribution is 6.30. The molecule has 1 saturated heterocycles. The summed E-state index contributed by atoms with van der Waals surface area (Å²) in [4.78, 5) is 6.76. The van der Waals surface area contributed by atoms with Crippen LogP contribution in [0.2, 0.25) is 5.02 Å². The first-order valence-electron chi connectivity index (χ1n) is 5.55. The van der Waals surface area contributed by atoms with Crippen molar-refractivity contribution in [3.8, 4) is 0 Å². The number of aromatic nitrogens is 1. The normalized spacial score (nSPS) is 26.7. The molecular weight excluding hydrogens is 208 g/mol. The van der Waals surface area contributed by atoms with Crippen molar-refractivity contribution < 1.29 is 0 Å². The summed E-state index contributed by atoms with van der Waals surface area (Å²) in [6, 6.07) is 4.52. The summed E-state index contributed by atoms with van der Waals surface area (Å²) < 4.78 is 0. The first kappa shape index (κ1) is 10.7. The number of halogens is 1. The Labute approximate surface area is 96.3 Å². The van der Waals surface area contributed by atoms with Crippen molar-refractivity contribution in [3.05, 3.63) is 23.4 Å². The van der Waals surface area contributed by atoms with E-state index in [0.717, 1.165) is 18.3 Å². The van der Waals surface area contributed by atoms with E-state index in [0.29, 0.717) is 11.1 Å². The van der Waals surface area contributed by atoms with Gasteiger partial charge in [-0.3, -0.25) is 0 Å². The van der Waals surface area contributed by atoms with Crippen LogP contribution in [0.5, 0.6) is 0 Å². The summed E-state index contributed by atoms with van der Waals surface area (Å²) >= 11 is 5.83. The maximum atomic E-state index is 5.83. The van der Waals surface area contributed by atoms with Crippen LogP contribution in [-0.4, -0.2) is 17.6 Å². The summed E-state index contributed by atoms with van der Waals surface area (Å²) in [5.74, 6) is 1.82. The summed E-state index contributed by atoms with van der Waals surface area (Å²) in [7, 11) is 0. The van der Waals surface area contributed by atoms with Crippen LogP contribution in [0.15, 0.2) is 18.3 Å². The van der Waals surface area contributed by atoms with Gasteiger partial charge in [-0.1, -0.05) is 18.5 Å². The van der Waals surface area contributed by atoms with E-state index in [2.05, 4.69) is 23.7 Å². The second-order valence-corrected chi connectivity index (χ2v) is 4.95. The molecule has 3 heteroatoms. The van der Waals surface area contributed by atoms with Crippen LogP contribution >= 0.6 is 11.6 Å². The van der Waals surface area contributed by atoms with Crippen molar-refractivity contribution in [1.82, 2.24) is 4.98 Å². The Hall–Kier alpha value is -0.760. The van der Waals surface area contributed by atoms with Gasteiger partial charge in [-0.15, -0.1) is 0 Å². The summed E-state index contributed by atoms with van der Waals surface area (Å²) in [5, 5.41) is 0.705. The van der Waals surface area contributed by atoms with Crippen molar-refractivity contribution in [2.24, 2.45) is 5.92 Å². The number of pyridine rings is 1. The lowest BCUT2D eigenvalue weighted by molar-refractivity contribution is 0.388. The Kier molecular flexibility index (Phi) is 3.15. The van der Waals surface area contributed by atoms with Crippen LogP contribution in [0, 0.1) is 5.92 Å². The Morgan fingerprint density at radius 3 is 2.80 bits per heavy atom. The Bertz CT molecular complexity index is 323. The molecule has 0 saturated carbocycles. The fourth-order valence-corrected chi connectivity index (χ4v) is 2.26. The van der Waals surface area contributed by atoms with Crippen LogP contribution in [0.1, 0.15) is 26.7 Å².